The number of methoxy groups -OCH3 is 1. The fourth-order valence-electron chi connectivity index (χ4n) is 3.44. The smallest absolute Gasteiger partial charge is 0.261 e. The molecule has 156 valence electrons. The predicted octanol–water partition coefficient (Wildman–Crippen LogP) is 1.48. The van der Waals surface area contributed by atoms with E-state index in [1.54, 1.807) is 30.3 Å². The third-order valence-electron chi connectivity index (χ3n) is 5.33. The molecular formula is C21H21N3O5S. The number of carbonyl (C=O) groups excluding carboxylic acids is 1. The zero-order chi connectivity index (χ0) is 21.3. The Morgan fingerprint density at radius 2 is 1.83 bits per heavy atom. The fraction of sp³-hybridized carbons (Fsp3) is 0.286. The molecule has 8 nitrogen and oxygen atoms in total. The van der Waals surface area contributed by atoms with Gasteiger partial charge in [-0.1, -0.05) is 12.1 Å². The van der Waals surface area contributed by atoms with Crippen LogP contribution in [0.1, 0.15) is 6.42 Å². The van der Waals surface area contributed by atoms with E-state index in [9.17, 15) is 18.0 Å². The van der Waals surface area contributed by atoms with E-state index in [1.807, 2.05) is 6.07 Å². The standard InChI is InChI=1S/C21H21N3O5S/c1-29-15-6-8-16(9-7-15)30(27,28)17-12-24(13-17)20(25)10-11-23-14-22-19-5-3-2-4-18(19)21(23)26/h2-9,14,17H,10-13H2,1H3. The first-order chi connectivity index (χ1) is 14.4. The molecule has 0 spiro atoms. The van der Waals surface area contributed by atoms with Crippen LogP contribution in [-0.2, 0) is 21.2 Å². The maximum atomic E-state index is 12.7. The normalized spacial score (nSPS) is 14.5. The number of para-hydroxylation sites is 1. The second kappa shape index (κ2) is 7.91. The molecule has 0 unspecified atom stereocenters. The Morgan fingerprint density at radius 3 is 2.53 bits per heavy atom. The van der Waals surface area contributed by atoms with Crippen LogP contribution in [0, 0.1) is 0 Å². The van der Waals surface area contributed by atoms with Gasteiger partial charge in [0.2, 0.25) is 5.91 Å². The number of ether oxygens (including phenoxy) is 1. The van der Waals surface area contributed by atoms with Crippen molar-refractivity contribution in [1.29, 1.82) is 0 Å². The summed E-state index contributed by atoms with van der Waals surface area (Å²) >= 11 is 0. The number of hydrogen-bond acceptors (Lipinski definition) is 6. The number of likely N-dealkylation sites (tertiary alicyclic amines) is 1. The number of rotatable bonds is 6. The quantitative estimate of drug-likeness (QED) is 0.591. The molecule has 30 heavy (non-hydrogen) atoms. The van der Waals surface area contributed by atoms with Crippen molar-refractivity contribution in [3.63, 3.8) is 0 Å². The molecule has 0 atom stereocenters. The highest BCUT2D eigenvalue weighted by Gasteiger charge is 2.40. The van der Waals surface area contributed by atoms with E-state index < -0.39 is 15.1 Å². The molecule has 9 heteroatoms. The summed E-state index contributed by atoms with van der Waals surface area (Å²) in [4.78, 5) is 30.9. The van der Waals surface area contributed by atoms with Crippen LogP contribution in [-0.4, -0.2) is 54.2 Å². The summed E-state index contributed by atoms with van der Waals surface area (Å²) in [5, 5.41) is -0.123. The van der Waals surface area contributed by atoms with Crippen molar-refractivity contribution in [1.82, 2.24) is 14.5 Å². The minimum absolute atomic E-state index is 0.106. The lowest BCUT2D eigenvalue weighted by atomic mass is 10.2. The van der Waals surface area contributed by atoms with Crippen LogP contribution in [0.2, 0.25) is 0 Å². The lowest BCUT2D eigenvalue weighted by Crippen LogP contribution is -2.57. The van der Waals surface area contributed by atoms with Crippen LogP contribution < -0.4 is 10.3 Å². The number of sulfone groups is 1. The van der Waals surface area contributed by atoms with E-state index in [0.29, 0.717) is 16.7 Å². The maximum Gasteiger partial charge on any atom is 0.261 e. The van der Waals surface area contributed by atoms with E-state index >= 15 is 0 Å². The molecular weight excluding hydrogens is 406 g/mol. The van der Waals surface area contributed by atoms with Gasteiger partial charge in [-0.05, 0) is 36.4 Å². The van der Waals surface area contributed by atoms with Gasteiger partial charge in [-0.3, -0.25) is 14.2 Å². The Labute approximate surface area is 173 Å². The van der Waals surface area contributed by atoms with Gasteiger partial charge >= 0.3 is 0 Å². The molecule has 0 radical (unpaired) electrons. The number of aromatic nitrogens is 2. The van der Waals surface area contributed by atoms with Gasteiger partial charge in [-0.25, -0.2) is 13.4 Å². The van der Waals surface area contributed by atoms with Crippen molar-refractivity contribution in [3.8, 4) is 5.75 Å². The Hall–Kier alpha value is -3.20. The van der Waals surface area contributed by atoms with E-state index in [0.717, 1.165) is 0 Å². The molecule has 0 saturated carbocycles. The Morgan fingerprint density at radius 1 is 1.13 bits per heavy atom. The van der Waals surface area contributed by atoms with Crippen molar-refractivity contribution in [2.24, 2.45) is 0 Å². The summed E-state index contributed by atoms with van der Waals surface area (Å²) in [7, 11) is -1.99. The summed E-state index contributed by atoms with van der Waals surface area (Å²) in [5.74, 6) is 0.397. The van der Waals surface area contributed by atoms with Gasteiger partial charge in [0.15, 0.2) is 9.84 Å². The zero-order valence-electron chi connectivity index (χ0n) is 16.4. The third kappa shape index (κ3) is 3.68. The number of carbonyl (C=O) groups is 1. The van der Waals surface area contributed by atoms with Gasteiger partial charge in [0, 0.05) is 26.1 Å². The number of fused-ring (bicyclic) bond motifs is 1. The third-order valence-corrected chi connectivity index (χ3v) is 7.43. The molecule has 1 saturated heterocycles. The molecule has 1 aliphatic heterocycles. The van der Waals surface area contributed by atoms with Gasteiger partial charge in [0.1, 0.15) is 11.0 Å². The Bertz CT molecular complexity index is 1250. The van der Waals surface area contributed by atoms with E-state index in [4.69, 9.17) is 4.74 Å². The van der Waals surface area contributed by atoms with Gasteiger partial charge in [0.05, 0.1) is 29.2 Å². The summed E-state index contributed by atoms with van der Waals surface area (Å²) < 4.78 is 31.9. The Kier molecular flexibility index (Phi) is 5.29. The summed E-state index contributed by atoms with van der Waals surface area (Å²) in [6.45, 7) is 0.498. The molecule has 3 aromatic rings. The van der Waals surface area contributed by atoms with Crippen LogP contribution in [0.3, 0.4) is 0 Å². The molecule has 1 amide bonds. The molecule has 0 aliphatic carbocycles. The average molecular weight is 427 g/mol. The number of nitrogens with zero attached hydrogens (tertiary/aromatic N) is 3. The summed E-state index contributed by atoms with van der Waals surface area (Å²) in [6.07, 6.45) is 1.54. The summed E-state index contributed by atoms with van der Waals surface area (Å²) in [5.41, 5.74) is 0.413. The van der Waals surface area contributed by atoms with Gasteiger partial charge in [-0.15, -0.1) is 0 Å². The number of benzene rings is 2. The number of amides is 1. The average Bonchev–Trinajstić information content (AvgIpc) is 2.72. The first-order valence-corrected chi connectivity index (χ1v) is 11.0. The molecule has 2 aromatic carbocycles. The summed E-state index contributed by atoms with van der Waals surface area (Å²) in [6, 6.07) is 13.3. The van der Waals surface area contributed by atoms with Crippen molar-refractivity contribution >= 4 is 26.6 Å². The largest absolute Gasteiger partial charge is 0.497 e. The lowest BCUT2D eigenvalue weighted by molar-refractivity contribution is -0.134. The van der Waals surface area contributed by atoms with Crippen LogP contribution >= 0.6 is 0 Å². The first-order valence-electron chi connectivity index (χ1n) is 9.50. The van der Waals surface area contributed by atoms with E-state index in [2.05, 4.69) is 4.98 Å². The fourth-order valence-corrected chi connectivity index (χ4v) is 5.09. The minimum atomic E-state index is -3.51. The number of hydrogen-bond donors (Lipinski definition) is 0. The van der Waals surface area contributed by atoms with Gasteiger partial charge < -0.3 is 9.64 Å². The van der Waals surface area contributed by atoms with Gasteiger partial charge in [0.25, 0.3) is 5.56 Å². The molecule has 1 aromatic heterocycles. The lowest BCUT2D eigenvalue weighted by Gasteiger charge is -2.38. The monoisotopic (exact) mass is 427 g/mol. The minimum Gasteiger partial charge on any atom is -0.497 e. The zero-order valence-corrected chi connectivity index (χ0v) is 17.2. The molecule has 1 fully saturated rings. The van der Waals surface area contributed by atoms with E-state index in [-0.39, 0.29) is 42.4 Å². The van der Waals surface area contributed by atoms with Crippen LogP contribution in [0.5, 0.6) is 5.75 Å². The highest BCUT2D eigenvalue weighted by atomic mass is 32.2. The van der Waals surface area contributed by atoms with Crippen LogP contribution in [0.15, 0.2) is 64.5 Å². The van der Waals surface area contributed by atoms with Crippen LogP contribution in [0.25, 0.3) is 10.9 Å². The van der Waals surface area contributed by atoms with Crippen LogP contribution in [0.4, 0.5) is 0 Å². The SMILES string of the molecule is COc1ccc(S(=O)(=O)C2CN(C(=O)CCn3cnc4ccccc4c3=O)C2)cc1. The highest BCUT2D eigenvalue weighted by Crippen LogP contribution is 2.25. The Balaban J connectivity index is 1.36. The highest BCUT2D eigenvalue weighted by molar-refractivity contribution is 7.92. The van der Waals surface area contributed by atoms with E-state index in [1.165, 1.54) is 35.0 Å². The molecule has 4 rings (SSSR count). The maximum absolute atomic E-state index is 12.7. The molecule has 2 heterocycles. The second-order valence-electron chi connectivity index (χ2n) is 7.15. The molecule has 0 N–H and O–H groups in total. The van der Waals surface area contributed by atoms with Crippen molar-refractivity contribution < 1.29 is 17.9 Å². The molecule has 0 bridgehead atoms. The first kappa shape index (κ1) is 20.1. The molecule has 1 aliphatic rings. The second-order valence-corrected chi connectivity index (χ2v) is 9.38. The number of aryl methyl sites for hydroxylation is 1. The van der Waals surface area contributed by atoms with Crippen molar-refractivity contribution in [2.45, 2.75) is 23.1 Å². The predicted molar refractivity (Wildman–Crippen MR) is 111 cm³/mol. The van der Waals surface area contributed by atoms with Gasteiger partial charge in [-0.2, -0.15) is 0 Å². The topological polar surface area (TPSA) is 98.6 Å². The van der Waals surface area contributed by atoms with Crippen molar-refractivity contribution in [3.05, 3.63) is 65.2 Å². The van der Waals surface area contributed by atoms with Crippen molar-refractivity contribution in [2.75, 3.05) is 20.2 Å².